The number of hydrogen-bond acceptors (Lipinski definition) is 5. The Bertz CT molecular complexity index is 799. The van der Waals surface area contributed by atoms with Gasteiger partial charge in [-0.25, -0.2) is 8.42 Å². The highest BCUT2D eigenvalue weighted by Crippen LogP contribution is 2.28. The summed E-state index contributed by atoms with van der Waals surface area (Å²) in [6.45, 7) is -0.0360. The maximum atomic E-state index is 11.3. The molecule has 0 atom stereocenters. The summed E-state index contributed by atoms with van der Waals surface area (Å²) in [6.07, 6.45) is 0.958. The summed E-state index contributed by atoms with van der Waals surface area (Å²) in [4.78, 5) is 9.21. The quantitative estimate of drug-likeness (QED) is 0.468. The highest BCUT2D eigenvalue weighted by Gasteiger charge is 2.30. The molecule has 1 aromatic carbocycles. The SMILES string of the molecule is O=[N+]([O-])c1nn(Cc2c(Cl)cccc2Cl)cc1S(=O)(=O)Cl. The molecule has 0 saturated heterocycles. The van der Waals surface area contributed by atoms with Gasteiger partial charge in [0.1, 0.15) is 0 Å². The summed E-state index contributed by atoms with van der Waals surface area (Å²) in [7, 11) is 0.860. The van der Waals surface area contributed by atoms with Crippen LogP contribution >= 0.6 is 33.9 Å². The van der Waals surface area contributed by atoms with Crippen molar-refractivity contribution in [2.45, 2.75) is 11.4 Å². The third-order valence-corrected chi connectivity index (χ3v) is 4.55. The molecule has 0 aliphatic carbocycles. The van der Waals surface area contributed by atoms with Gasteiger partial charge in [0, 0.05) is 26.3 Å². The molecule has 21 heavy (non-hydrogen) atoms. The summed E-state index contributed by atoms with van der Waals surface area (Å²) in [6, 6.07) is 4.80. The molecule has 0 bridgehead atoms. The second-order valence-electron chi connectivity index (χ2n) is 3.91. The number of aromatic nitrogens is 2. The molecule has 0 saturated carbocycles. The molecule has 112 valence electrons. The van der Waals surface area contributed by atoms with Gasteiger partial charge >= 0.3 is 5.82 Å². The largest absolute Gasteiger partial charge is 0.410 e. The topological polar surface area (TPSA) is 95.1 Å². The van der Waals surface area contributed by atoms with E-state index < -0.39 is 24.7 Å². The third-order valence-electron chi connectivity index (χ3n) is 2.53. The maximum Gasteiger partial charge on any atom is 0.410 e. The monoisotopic (exact) mass is 369 g/mol. The van der Waals surface area contributed by atoms with E-state index in [1.165, 1.54) is 0 Å². The lowest BCUT2D eigenvalue weighted by atomic mass is 10.2. The molecule has 11 heteroatoms. The van der Waals surface area contributed by atoms with Crippen molar-refractivity contribution < 1.29 is 13.3 Å². The van der Waals surface area contributed by atoms with Crippen LogP contribution in [0.1, 0.15) is 5.56 Å². The highest BCUT2D eigenvalue weighted by molar-refractivity contribution is 8.13. The summed E-state index contributed by atoms with van der Waals surface area (Å²) >= 11 is 11.9. The third kappa shape index (κ3) is 3.46. The average Bonchev–Trinajstić information content (AvgIpc) is 2.78. The van der Waals surface area contributed by atoms with Gasteiger partial charge in [-0.2, -0.15) is 4.68 Å². The predicted octanol–water partition coefficient (Wildman–Crippen LogP) is 3.07. The first kappa shape index (κ1) is 16.0. The lowest BCUT2D eigenvalue weighted by Crippen LogP contribution is -2.02. The molecule has 7 nitrogen and oxygen atoms in total. The molecule has 2 rings (SSSR count). The first-order valence-corrected chi connectivity index (χ1v) is 8.36. The summed E-state index contributed by atoms with van der Waals surface area (Å²) < 4.78 is 23.7. The van der Waals surface area contributed by atoms with Gasteiger partial charge in [-0.3, -0.25) is 0 Å². The summed E-state index contributed by atoms with van der Waals surface area (Å²) in [5, 5.41) is 15.1. The van der Waals surface area contributed by atoms with Gasteiger partial charge in [0.2, 0.25) is 4.90 Å². The Hall–Kier alpha value is -1.35. The van der Waals surface area contributed by atoms with Crippen molar-refractivity contribution in [1.29, 1.82) is 0 Å². The van der Waals surface area contributed by atoms with Crippen molar-refractivity contribution in [3.8, 4) is 0 Å². The second-order valence-corrected chi connectivity index (χ2v) is 7.26. The van der Waals surface area contributed by atoms with Gasteiger partial charge in [0.25, 0.3) is 9.05 Å². The minimum Gasteiger partial charge on any atom is -0.358 e. The fourth-order valence-electron chi connectivity index (χ4n) is 1.62. The predicted molar refractivity (Wildman–Crippen MR) is 77.5 cm³/mol. The Balaban J connectivity index is 2.50. The standard InChI is InChI=1S/C10H6Cl3N3O4S/c11-7-2-1-3-8(12)6(7)4-15-5-9(21(13,19)20)10(14-15)16(17)18/h1-3,5H,4H2. The molecule has 0 fully saturated rings. The smallest absolute Gasteiger partial charge is 0.358 e. The summed E-state index contributed by atoms with van der Waals surface area (Å²) in [5.74, 6) is -0.854. The van der Waals surface area contributed by atoms with Crippen LogP contribution in [0.3, 0.4) is 0 Å². The van der Waals surface area contributed by atoms with Crippen molar-refractivity contribution in [2.24, 2.45) is 0 Å². The molecular formula is C10H6Cl3N3O4S. The Kier molecular flexibility index (Phi) is 4.43. The normalized spacial score (nSPS) is 11.6. The van der Waals surface area contributed by atoms with Gasteiger partial charge in [-0.15, -0.1) is 0 Å². The Labute approximate surface area is 133 Å². The van der Waals surface area contributed by atoms with Crippen LogP contribution in [0.15, 0.2) is 29.3 Å². The van der Waals surface area contributed by atoms with Crippen LogP contribution in [0.5, 0.6) is 0 Å². The molecule has 0 amide bonds. The number of benzene rings is 1. The van der Waals surface area contributed by atoms with Crippen LogP contribution in [0, 0.1) is 10.1 Å². The number of nitrogens with zero attached hydrogens (tertiary/aromatic N) is 3. The van der Waals surface area contributed by atoms with E-state index in [1.54, 1.807) is 18.2 Å². The Morgan fingerprint density at radius 2 is 1.86 bits per heavy atom. The zero-order valence-electron chi connectivity index (χ0n) is 10.0. The molecule has 0 spiro atoms. The summed E-state index contributed by atoms with van der Waals surface area (Å²) in [5.41, 5.74) is 0.455. The number of hydrogen-bond donors (Lipinski definition) is 0. The van der Waals surface area contributed by atoms with E-state index in [4.69, 9.17) is 33.9 Å². The fourth-order valence-corrected chi connectivity index (χ4v) is 3.04. The van der Waals surface area contributed by atoms with E-state index in [2.05, 4.69) is 5.10 Å². The Morgan fingerprint density at radius 3 is 2.29 bits per heavy atom. The second kappa shape index (κ2) is 5.80. The molecule has 1 heterocycles. The van der Waals surface area contributed by atoms with Gasteiger partial charge in [0.15, 0.2) is 0 Å². The molecular weight excluding hydrogens is 365 g/mol. The average molecular weight is 371 g/mol. The van der Waals surface area contributed by atoms with Crippen molar-refractivity contribution in [3.05, 3.63) is 50.1 Å². The zero-order chi connectivity index (χ0) is 15.8. The van der Waals surface area contributed by atoms with Gasteiger partial charge in [-0.05, 0) is 17.1 Å². The van der Waals surface area contributed by atoms with Gasteiger partial charge < -0.3 is 10.1 Å². The molecule has 0 aliphatic heterocycles. The zero-order valence-corrected chi connectivity index (χ0v) is 13.1. The molecule has 0 radical (unpaired) electrons. The van der Waals surface area contributed by atoms with E-state index in [1.807, 2.05) is 0 Å². The van der Waals surface area contributed by atoms with Gasteiger partial charge in [-0.1, -0.05) is 29.3 Å². The highest BCUT2D eigenvalue weighted by atomic mass is 35.7. The van der Waals surface area contributed by atoms with E-state index in [0.717, 1.165) is 10.9 Å². The number of nitro groups is 1. The van der Waals surface area contributed by atoms with Gasteiger partial charge in [0.05, 0.1) is 17.8 Å². The number of rotatable bonds is 4. The van der Waals surface area contributed by atoms with Crippen molar-refractivity contribution in [1.82, 2.24) is 9.78 Å². The minimum atomic E-state index is -4.29. The first-order chi connectivity index (χ1) is 9.70. The van der Waals surface area contributed by atoms with E-state index in [-0.39, 0.29) is 6.54 Å². The van der Waals surface area contributed by atoms with Crippen LogP contribution in [0.4, 0.5) is 5.82 Å². The van der Waals surface area contributed by atoms with E-state index in [9.17, 15) is 18.5 Å². The van der Waals surface area contributed by atoms with E-state index >= 15 is 0 Å². The molecule has 2 aromatic rings. The van der Waals surface area contributed by atoms with Crippen molar-refractivity contribution >= 4 is 48.8 Å². The minimum absolute atomic E-state index is 0.0360. The molecule has 0 aliphatic rings. The molecule has 1 aromatic heterocycles. The van der Waals surface area contributed by atoms with Crippen LogP contribution < -0.4 is 0 Å². The fraction of sp³-hybridized carbons (Fsp3) is 0.100. The van der Waals surface area contributed by atoms with Crippen molar-refractivity contribution in [2.75, 3.05) is 0 Å². The van der Waals surface area contributed by atoms with Crippen molar-refractivity contribution in [3.63, 3.8) is 0 Å². The lowest BCUT2D eigenvalue weighted by molar-refractivity contribution is -0.392. The maximum absolute atomic E-state index is 11.3. The Morgan fingerprint density at radius 1 is 1.29 bits per heavy atom. The molecule has 0 unspecified atom stereocenters. The van der Waals surface area contributed by atoms with E-state index in [0.29, 0.717) is 15.6 Å². The van der Waals surface area contributed by atoms with Crippen LogP contribution in [0.25, 0.3) is 0 Å². The first-order valence-electron chi connectivity index (χ1n) is 5.29. The number of halogens is 3. The van der Waals surface area contributed by atoms with Crippen LogP contribution in [-0.2, 0) is 15.6 Å². The lowest BCUT2D eigenvalue weighted by Gasteiger charge is -2.04. The van der Waals surface area contributed by atoms with Crippen LogP contribution in [0.2, 0.25) is 10.0 Å². The molecule has 0 N–H and O–H groups in total. The van der Waals surface area contributed by atoms with Crippen LogP contribution in [-0.4, -0.2) is 23.1 Å².